The van der Waals surface area contributed by atoms with Crippen LogP contribution in [0.3, 0.4) is 0 Å². The highest BCUT2D eigenvalue weighted by atomic mass is 16.5. The summed E-state index contributed by atoms with van der Waals surface area (Å²) < 4.78 is 11.4. The van der Waals surface area contributed by atoms with Crippen LogP contribution in [0.15, 0.2) is 54.7 Å². The number of aromatic amines is 1. The number of nitrogens with zero attached hydrogens (tertiary/aromatic N) is 3. The van der Waals surface area contributed by atoms with E-state index in [4.69, 9.17) is 9.47 Å². The van der Waals surface area contributed by atoms with Gasteiger partial charge in [-0.05, 0) is 66.3 Å². The average molecular weight is 768 g/mol. The summed E-state index contributed by atoms with van der Waals surface area (Å²) in [4.78, 5) is 77.4. The van der Waals surface area contributed by atoms with Gasteiger partial charge < -0.3 is 40.2 Å². The van der Waals surface area contributed by atoms with E-state index < -0.39 is 24.2 Å². The summed E-state index contributed by atoms with van der Waals surface area (Å²) >= 11 is 0. The first-order valence-electron chi connectivity index (χ1n) is 19.9. The van der Waals surface area contributed by atoms with Crippen molar-refractivity contribution < 1.29 is 33.4 Å². The first-order chi connectivity index (χ1) is 27.0. The van der Waals surface area contributed by atoms with Crippen LogP contribution in [0.4, 0.5) is 5.69 Å². The van der Waals surface area contributed by atoms with Crippen LogP contribution in [0.5, 0.6) is 0 Å². The number of rotatable bonds is 13. The molecule has 4 fully saturated rings. The molecule has 4 atom stereocenters. The lowest BCUT2D eigenvalue weighted by Gasteiger charge is -2.37. The van der Waals surface area contributed by atoms with Crippen molar-refractivity contribution in [1.82, 2.24) is 30.4 Å². The van der Waals surface area contributed by atoms with E-state index in [0.717, 1.165) is 48.1 Å². The number of hydrogen-bond donors (Lipinski definition) is 4. The lowest BCUT2D eigenvalue weighted by Crippen LogP contribution is -2.60. The predicted octanol–water partition coefficient (Wildman–Crippen LogP) is 3.91. The molecule has 5 amide bonds. The van der Waals surface area contributed by atoms with Crippen molar-refractivity contribution in [2.75, 3.05) is 44.8 Å². The monoisotopic (exact) mass is 767 g/mol. The standard InChI is InChI=1S/C42H53N7O7/c1-24(2)35(46-38(50)29-9-10-29)41(53)48-17-19-55-22-33(48)37-43-21-32(45-37)28-7-5-26(6-8-28)27-13-15-31(16-14-27)44-40(52)34-23-56-20-18-49(34)42(54)36(25(3)4)47-39(51)30-11-12-30/h5-8,13-16,21,24-25,29-30,33-36H,9-12,17-20,22-23H2,1-4H3,(H,43,45)(H,44,52)(H,46,50)(H,47,51)/t33-,34-,35+,36+/m0/s1. The van der Waals surface area contributed by atoms with Crippen LogP contribution in [0.25, 0.3) is 22.4 Å². The molecular formula is C42H53N7O7. The fourth-order valence-electron chi connectivity index (χ4n) is 7.26. The molecule has 3 aromatic rings. The number of aromatic nitrogens is 2. The Hall–Kier alpha value is -5.08. The molecule has 2 aromatic carbocycles. The third-order valence-electron chi connectivity index (χ3n) is 11.1. The predicted molar refractivity (Wildman–Crippen MR) is 209 cm³/mol. The molecule has 14 nitrogen and oxygen atoms in total. The van der Waals surface area contributed by atoms with Gasteiger partial charge in [0.05, 0.1) is 38.3 Å². The quantitative estimate of drug-likeness (QED) is 0.203. The summed E-state index contributed by atoms with van der Waals surface area (Å²) in [7, 11) is 0. The number of carbonyl (C=O) groups is 5. The molecular weight excluding hydrogens is 715 g/mol. The Morgan fingerprint density at radius 2 is 1.18 bits per heavy atom. The molecule has 56 heavy (non-hydrogen) atoms. The Labute approximate surface area is 327 Å². The average Bonchev–Trinajstić information content (AvgIpc) is 4.16. The van der Waals surface area contributed by atoms with Gasteiger partial charge in [-0.2, -0.15) is 0 Å². The van der Waals surface area contributed by atoms with E-state index in [9.17, 15) is 24.0 Å². The first-order valence-corrected chi connectivity index (χ1v) is 19.9. The van der Waals surface area contributed by atoms with E-state index in [2.05, 4.69) is 25.9 Å². The number of morpholine rings is 2. The number of amides is 5. The summed E-state index contributed by atoms with van der Waals surface area (Å²) in [5.74, 6) is -0.477. The van der Waals surface area contributed by atoms with Gasteiger partial charge in [-0.3, -0.25) is 24.0 Å². The van der Waals surface area contributed by atoms with Crippen molar-refractivity contribution in [2.45, 2.75) is 77.5 Å². The molecule has 7 rings (SSSR count). The van der Waals surface area contributed by atoms with Crippen LogP contribution in [0.2, 0.25) is 0 Å². The smallest absolute Gasteiger partial charge is 0.249 e. The maximum atomic E-state index is 13.8. The lowest BCUT2D eigenvalue weighted by molar-refractivity contribution is -0.150. The molecule has 2 aliphatic carbocycles. The van der Waals surface area contributed by atoms with E-state index in [-0.39, 0.29) is 66.4 Å². The maximum absolute atomic E-state index is 13.8. The van der Waals surface area contributed by atoms with E-state index in [1.165, 1.54) is 4.90 Å². The van der Waals surface area contributed by atoms with Crippen molar-refractivity contribution in [3.05, 3.63) is 60.6 Å². The molecule has 0 spiro atoms. The van der Waals surface area contributed by atoms with E-state index in [0.29, 0.717) is 37.9 Å². The van der Waals surface area contributed by atoms with Crippen molar-refractivity contribution in [3.8, 4) is 22.4 Å². The molecule has 3 heterocycles. The molecule has 2 aliphatic heterocycles. The van der Waals surface area contributed by atoms with Crippen LogP contribution in [-0.2, 0) is 33.4 Å². The fraction of sp³-hybridized carbons (Fsp3) is 0.524. The van der Waals surface area contributed by atoms with Crippen LogP contribution in [0, 0.1) is 23.7 Å². The summed E-state index contributed by atoms with van der Waals surface area (Å²) in [6.45, 7) is 9.47. The van der Waals surface area contributed by atoms with Gasteiger partial charge in [0.15, 0.2) is 0 Å². The molecule has 4 aliphatic rings. The second-order valence-corrected chi connectivity index (χ2v) is 16.1. The highest BCUT2D eigenvalue weighted by molar-refractivity contribution is 5.99. The minimum Gasteiger partial charge on any atom is -0.377 e. The van der Waals surface area contributed by atoms with Gasteiger partial charge >= 0.3 is 0 Å². The van der Waals surface area contributed by atoms with Gasteiger partial charge in [0, 0.05) is 30.6 Å². The van der Waals surface area contributed by atoms with Crippen LogP contribution in [-0.4, -0.2) is 107 Å². The van der Waals surface area contributed by atoms with Crippen molar-refractivity contribution in [2.24, 2.45) is 23.7 Å². The highest BCUT2D eigenvalue weighted by Crippen LogP contribution is 2.32. The van der Waals surface area contributed by atoms with Crippen molar-refractivity contribution in [3.63, 3.8) is 0 Å². The number of H-pyrrole nitrogens is 1. The van der Waals surface area contributed by atoms with Gasteiger partial charge in [0.25, 0.3) is 0 Å². The topological polar surface area (TPSA) is 175 Å². The van der Waals surface area contributed by atoms with E-state index >= 15 is 0 Å². The third kappa shape index (κ3) is 8.97. The molecule has 2 saturated carbocycles. The van der Waals surface area contributed by atoms with Crippen LogP contribution < -0.4 is 16.0 Å². The third-order valence-corrected chi connectivity index (χ3v) is 11.1. The summed E-state index contributed by atoms with van der Waals surface area (Å²) in [5.41, 5.74) is 4.23. The van der Waals surface area contributed by atoms with Crippen molar-refractivity contribution in [1.29, 1.82) is 0 Å². The number of imidazole rings is 1. The Kier molecular flexibility index (Phi) is 11.9. The van der Waals surface area contributed by atoms with E-state index in [1.807, 2.05) is 76.2 Å². The number of ether oxygens (including phenoxy) is 2. The Morgan fingerprint density at radius 1 is 0.679 bits per heavy atom. The van der Waals surface area contributed by atoms with Gasteiger partial charge in [-0.15, -0.1) is 0 Å². The maximum Gasteiger partial charge on any atom is 0.249 e. The summed E-state index contributed by atoms with van der Waals surface area (Å²) in [6, 6.07) is 13.0. The minimum atomic E-state index is -0.823. The molecule has 1 aromatic heterocycles. The number of nitrogens with one attached hydrogen (secondary N) is 4. The highest BCUT2D eigenvalue weighted by Gasteiger charge is 2.41. The molecule has 4 N–H and O–H groups in total. The Balaban J connectivity index is 0.975. The van der Waals surface area contributed by atoms with Gasteiger partial charge in [-0.25, -0.2) is 4.98 Å². The first kappa shape index (κ1) is 39.2. The Bertz CT molecular complexity index is 1900. The molecule has 14 heteroatoms. The number of benzene rings is 2. The fourth-order valence-corrected chi connectivity index (χ4v) is 7.26. The summed E-state index contributed by atoms with van der Waals surface area (Å²) in [5, 5.41) is 8.86. The molecule has 0 bridgehead atoms. The van der Waals surface area contributed by atoms with Crippen LogP contribution >= 0.6 is 0 Å². The van der Waals surface area contributed by atoms with Crippen molar-refractivity contribution >= 4 is 35.2 Å². The minimum absolute atomic E-state index is 0.0153. The van der Waals surface area contributed by atoms with E-state index in [1.54, 1.807) is 11.1 Å². The lowest BCUT2D eigenvalue weighted by atomic mass is 10.0. The number of anilines is 1. The Morgan fingerprint density at radius 3 is 1.73 bits per heavy atom. The molecule has 298 valence electrons. The SMILES string of the molecule is CC(C)[C@@H](NC(=O)C1CC1)C(=O)N1CCOC[C@H]1C(=O)Nc1ccc(-c2ccc(-c3cnc([C@@H]4COCCN4C(=O)[C@H](NC(=O)C4CC4)C(C)C)[nH]3)cc2)cc1. The van der Waals surface area contributed by atoms with Gasteiger partial charge in [0.1, 0.15) is 30.0 Å². The number of hydrogen-bond acceptors (Lipinski definition) is 8. The zero-order valence-corrected chi connectivity index (χ0v) is 32.6. The molecule has 0 radical (unpaired) electrons. The number of carbonyl (C=O) groups excluding carboxylic acids is 5. The van der Waals surface area contributed by atoms with Gasteiger partial charge in [-0.1, -0.05) is 64.1 Å². The normalized spacial score (nSPS) is 21.0. The second-order valence-electron chi connectivity index (χ2n) is 16.1. The zero-order chi connectivity index (χ0) is 39.5. The zero-order valence-electron chi connectivity index (χ0n) is 32.6. The largest absolute Gasteiger partial charge is 0.377 e. The van der Waals surface area contributed by atoms with Gasteiger partial charge in [0.2, 0.25) is 29.5 Å². The summed E-state index contributed by atoms with van der Waals surface area (Å²) in [6.07, 6.45) is 5.19. The second kappa shape index (κ2) is 17.0. The van der Waals surface area contributed by atoms with Crippen LogP contribution in [0.1, 0.15) is 65.2 Å². The molecule has 0 unspecified atom stereocenters. The molecule has 2 saturated heterocycles.